The van der Waals surface area contributed by atoms with E-state index in [-0.39, 0.29) is 12.2 Å². The Hall–Kier alpha value is -1.94. The summed E-state index contributed by atoms with van der Waals surface area (Å²) in [5.41, 5.74) is 1.38. The lowest BCUT2D eigenvalue weighted by Gasteiger charge is -2.20. The van der Waals surface area contributed by atoms with Crippen molar-refractivity contribution in [3.63, 3.8) is 0 Å². The number of hydrogen-bond donors (Lipinski definition) is 0. The van der Waals surface area contributed by atoms with Gasteiger partial charge in [-0.3, -0.25) is 4.90 Å². The van der Waals surface area contributed by atoms with E-state index >= 15 is 0 Å². The largest absolute Gasteiger partial charge is 0.374 e. The van der Waals surface area contributed by atoms with Crippen molar-refractivity contribution in [3.05, 3.63) is 84.5 Å². The van der Waals surface area contributed by atoms with Gasteiger partial charge < -0.3 is 9.47 Å². The van der Waals surface area contributed by atoms with Crippen molar-refractivity contribution >= 4 is 0 Å². The molecule has 1 aliphatic heterocycles. The summed E-state index contributed by atoms with van der Waals surface area (Å²) in [6.07, 6.45) is 49.9. The molecule has 0 radical (unpaired) electrons. The maximum atomic E-state index is 6.50. The summed E-state index contributed by atoms with van der Waals surface area (Å²) in [4.78, 5) is 2.53. The van der Waals surface area contributed by atoms with E-state index in [1.807, 2.05) is 0 Å². The van der Waals surface area contributed by atoms with Gasteiger partial charge in [0.2, 0.25) is 0 Å². The molecule has 1 saturated heterocycles. The smallest absolute Gasteiger partial charge is 0.0975 e. The number of benzene rings is 1. The third-order valence-corrected chi connectivity index (χ3v) is 9.89. The maximum absolute atomic E-state index is 6.50. The van der Waals surface area contributed by atoms with Crippen LogP contribution in [0.5, 0.6) is 0 Å². The third kappa shape index (κ3) is 25.9. The average molecular weight is 690 g/mol. The average Bonchev–Trinajstić information content (AvgIpc) is 3.51. The molecular weight excluding hydrogens is 611 g/mol. The Morgan fingerprint density at radius 2 is 0.860 bits per heavy atom. The number of allylic oxidation sites excluding steroid dienone is 8. The number of hydrogen-bond acceptors (Lipinski definition) is 3. The molecule has 0 unspecified atom stereocenters. The third-order valence-electron chi connectivity index (χ3n) is 9.89. The van der Waals surface area contributed by atoms with Gasteiger partial charge in [-0.15, -0.1) is 0 Å². The maximum Gasteiger partial charge on any atom is 0.0975 e. The zero-order valence-corrected chi connectivity index (χ0v) is 32.9. The molecule has 0 aromatic heterocycles. The lowest BCUT2D eigenvalue weighted by molar-refractivity contribution is -0.0481. The Morgan fingerprint density at radius 3 is 1.28 bits per heavy atom. The molecule has 1 fully saturated rings. The van der Waals surface area contributed by atoms with E-state index < -0.39 is 0 Å². The van der Waals surface area contributed by atoms with Crippen LogP contribution in [0.25, 0.3) is 0 Å². The molecular formula is C47H79NO2. The number of nitrogens with zero attached hydrogens (tertiary/aromatic N) is 1. The van der Waals surface area contributed by atoms with Crippen LogP contribution in [-0.2, 0) is 16.0 Å². The van der Waals surface area contributed by atoms with Gasteiger partial charge in [0.1, 0.15) is 0 Å². The zero-order chi connectivity index (χ0) is 35.4. The minimum absolute atomic E-state index is 0.196. The summed E-state index contributed by atoms with van der Waals surface area (Å²) in [7, 11) is 0. The molecule has 284 valence electrons. The summed E-state index contributed by atoms with van der Waals surface area (Å²) in [6, 6.07) is 10.9. The molecule has 0 saturated carbocycles. The van der Waals surface area contributed by atoms with Gasteiger partial charge in [-0.2, -0.15) is 0 Å². The molecule has 3 heteroatoms. The van der Waals surface area contributed by atoms with E-state index in [2.05, 4.69) is 97.7 Å². The Bertz CT molecular complexity index is 909. The van der Waals surface area contributed by atoms with Crippen LogP contribution in [-0.4, -0.2) is 43.4 Å². The number of ether oxygens (including phenoxy) is 2. The molecule has 1 aromatic rings. The minimum atomic E-state index is 0.196. The lowest BCUT2D eigenvalue weighted by atomic mass is 10.1. The SMILES string of the molecule is CCCCCC=CCC=CCCCCCCCCO[C@@H]1CN(Cc2ccccc2)C[C@H]1OCCCCCCCCC=CCC=CCCCCC. The molecule has 3 nitrogen and oxygen atoms in total. The Kier molecular flexibility index (Phi) is 30.2. The van der Waals surface area contributed by atoms with E-state index in [9.17, 15) is 0 Å². The van der Waals surface area contributed by atoms with Gasteiger partial charge in [0.05, 0.1) is 12.2 Å². The van der Waals surface area contributed by atoms with E-state index in [0.717, 1.165) is 45.7 Å². The zero-order valence-electron chi connectivity index (χ0n) is 32.9. The Balaban J connectivity index is 1.51. The monoisotopic (exact) mass is 690 g/mol. The predicted molar refractivity (Wildman–Crippen MR) is 220 cm³/mol. The van der Waals surface area contributed by atoms with Gasteiger partial charge in [0, 0.05) is 32.8 Å². The number of rotatable bonds is 34. The van der Waals surface area contributed by atoms with Gasteiger partial charge in [-0.1, -0.05) is 170 Å². The Labute approximate surface area is 311 Å². The molecule has 1 aromatic carbocycles. The second-order valence-electron chi connectivity index (χ2n) is 14.7. The molecule has 0 spiro atoms. The van der Waals surface area contributed by atoms with Crippen LogP contribution < -0.4 is 0 Å². The van der Waals surface area contributed by atoms with Gasteiger partial charge in [0.15, 0.2) is 0 Å². The van der Waals surface area contributed by atoms with Gasteiger partial charge in [-0.25, -0.2) is 0 Å². The normalized spacial score (nSPS) is 17.2. The first-order valence-electron chi connectivity index (χ1n) is 21.4. The second-order valence-corrected chi connectivity index (χ2v) is 14.7. The summed E-state index contributed by atoms with van der Waals surface area (Å²) in [6.45, 7) is 9.20. The van der Waals surface area contributed by atoms with E-state index in [0.29, 0.717) is 0 Å². The first-order valence-corrected chi connectivity index (χ1v) is 21.4. The van der Waals surface area contributed by atoms with Crippen molar-refractivity contribution < 1.29 is 9.47 Å². The van der Waals surface area contributed by atoms with Crippen LogP contribution in [0, 0.1) is 0 Å². The van der Waals surface area contributed by atoms with E-state index in [1.54, 1.807) is 0 Å². The second kappa shape index (κ2) is 34.2. The molecule has 0 bridgehead atoms. The first kappa shape index (κ1) is 44.2. The van der Waals surface area contributed by atoms with Crippen LogP contribution in [0.3, 0.4) is 0 Å². The van der Waals surface area contributed by atoms with Crippen molar-refractivity contribution in [2.24, 2.45) is 0 Å². The van der Waals surface area contributed by atoms with Crippen LogP contribution >= 0.6 is 0 Å². The van der Waals surface area contributed by atoms with Gasteiger partial charge in [-0.05, 0) is 82.6 Å². The Morgan fingerprint density at radius 1 is 0.480 bits per heavy atom. The van der Waals surface area contributed by atoms with Crippen molar-refractivity contribution in [1.29, 1.82) is 0 Å². The van der Waals surface area contributed by atoms with Crippen molar-refractivity contribution in [3.8, 4) is 0 Å². The summed E-state index contributed by atoms with van der Waals surface area (Å²) in [5, 5.41) is 0. The standard InChI is InChI=1S/C47H79NO2/c1-3-5-7-9-11-13-15-17-19-21-23-25-27-29-31-36-40-49-46-43-48(42-45-38-34-33-35-39-45)44-47(46)50-41-37-32-30-28-26-24-22-20-18-16-14-12-10-8-6-4-2/h11-14,17-20,33-35,38-39,46-47H,3-10,15-16,21-32,36-37,40-44H2,1-2H3/t46-,47-/m1/s1. The summed E-state index contributed by atoms with van der Waals surface area (Å²) in [5.74, 6) is 0. The first-order chi connectivity index (χ1) is 24.8. The lowest BCUT2D eigenvalue weighted by Crippen LogP contribution is -2.30. The fourth-order valence-corrected chi connectivity index (χ4v) is 6.76. The van der Waals surface area contributed by atoms with E-state index in [4.69, 9.17) is 9.47 Å². The highest BCUT2D eigenvalue weighted by molar-refractivity contribution is 5.15. The van der Waals surface area contributed by atoms with E-state index in [1.165, 1.54) is 147 Å². The molecule has 2 atom stereocenters. The van der Waals surface area contributed by atoms with Crippen molar-refractivity contribution in [2.45, 2.75) is 187 Å². The quantitative estimate of drug-likeness (QED) is 0.0531. The molecule has 0 N–H and O–H groups in total. The van der Waals surface area contributed by atoms with Crippen LogP contribution in [0.15, 0.2) is 78.9 Å². The molecule has 50 heavy (non-hydrogen) atoms. The van der Waals surface area contributed by atoms with Gasteiger partial charge in [0.25, 0.3) is 0 Å². The molecule has 0 amide bonds. The van der Waals surface area contributed by atoms with Crippen LogP contribution in [0.1, 0.15) is 174 Å². The van der Waals surface area contributed by atoms with Crippen LogP contribution in [0.2, 0.25) is 0 Å². The van der Waals surface area contributed by atoms with Crippen molar-refractivity contribution in [1.82, 2.24) is 4.90 Å². The summed E-state index contributed by atoms with van der Waals surface area (Å²) < 4.78 is 13.0. The molecule has 1 aliphatic rings. The van der Waals surface area contributed by atoms with Crippen LogP contribution in [0.4, 0.5) is 0 Å². The fourth-order valence-electron chi connectivity index (χ4n) is 6.76. The number of likely N-dealkylation sites (tertiary alicyclic amines) is 1. The fraction of sp³-hybridized carbons (Fsp3) is 0.702. The molecule has 2 rings (SSSR count). The molecule has 1 heterocycles. The summed E-state index contributed by atoms with van der Waals surface area (Å²) >= 11 is 0. The highest BCUT2D eigenvalue weighted by Crippen LogP contribution is 2.21. The highest BCUT2D eigenvalue weighted by atomic mass is 16.5. The highest BCUT2D eigenvalue weighted by Gasteiger charge is 2.34. The number of unbranched alkanes of at least 4 members (excludes halogenated alkanes) is 18. The van der Waals surface area contributed by atoms with Crippen molar-refractivity contribution in [2.75, 3.05) is 26.3 Å². The van der Waals surface area contributed by atoms with Gasteiger partial charge >= 0.3 is 0 Å². The minimum Gasteiger partial charge on any atom is -0.374 e. The predicted octanol–water partition coefficient (Wildman–Crippen LogP) is 13.9. The molecule has 0 aliphatic carbocycles. The topological polar surface area (TPSA) is 21.7 Å².